The predicted molar refractivity (Wildman–Crippen MR) is 62.8 cm³/mol. The molecule has 0 aliphatic heterocycles. The van der Waals surface area contributed by atoms with Gasteiger partial charge in [0, 0.05) is 12.4 Å². The predicted octanol–water partition coefficient (Wildman–Crippen LogP) is 2.73. The molecular weight excluding hydrogens is 207 g/mol. The van der Waals surface area contributed by atoms with Gasteiger partial charge in [0.2, 0.25) is 7.37 Å². The van der Waals surface area contributed by atoms with Gasteiger partial charge in [-0.3, -0.25) is 4.57 Å². The molecule has 1 unspecified atom stereocenters. The highest BCUT2D eigenvalue weighted by atomic mass is 31.2. The van der Waals surface area contributed by atoms with Crippen LogP contribution in [0.1, 0.15) is 0 Å². The molecule has 2 nitrogen and oxygen atoms in total. The zero-order valence-electron chi connectivity index (χ0n) is 8.54. The summed E-state index contributed by atoms with van der Waals surface area (Å²) >= 11 is 0. The Labute approximate surface area is 89.7 Å². The van der Waals surface area contributed by atoms with Crippen LogP contribution >= 0.6 is 7.37 Å². The van der Waals surface area contributed by atoms with E-state index < -0.39 is 7.37 Å². The van der Waals surface area contributed by atoms with Crippen molar-refractivity contribution in [2.45, 2.75) is 5.66 Å². The molecule has 1 aliphatic rings. The van der Waals surface area contributed by atoms with E-state index in [9.17, 15) is 4.57 Å². The standard InChI is InChI=1S/C12H13O2P/c1-14-15(13,12-9-5-6-10-12)11-7-3-2-4-8-11/h2-10,12H,1H3. The largest absolute Gasteiger partial charge is 0.328 e. The molecule has 0 amide bonds. The van der Waals surface area contributed by atoms with E-state index in [1.807, 2.05) is 54.6 Å². The second-order valence-corrected chi connectivity index (χ2v) is 6.05. The Bertz CT molecular complexity index is 422. The topological polar surface area (TPSA) is 26.3 Å². The van der Waals surface area contributed by atoms with Crippen molar-refractivity contribution in [1.82, 2.24) is 0 Å². The van der Waals surface area contributed by atoms with Crippen LogP contribution in [0.2, 0.25) is 0 Å². The lowest BCUT2D eigenvalue weighted by Crippen LogP contribution is -2.14. The van der Waals surface area contributed by atoms with Gasteiger partial charge in [-0.15, -0.1) is 0 Å². The van der Waals surface area contributed by atoms with Crippen molar-refractivity contribution in [3.63, 3.8) is 0 Å². The SMILES string of the molecule is COP(=O)(c1ccccc1)C1C=CC=C1. The number of allylic oxidation sites excluding steroid dienone is 4. The van der Waals surface area contributed by atoms with Crippen molar-refractivity contribution in [2.24, 2.45) is 0 Å². The fourth-order valence-corrected chi connectivity index (χ4v) is 3.72. The van der Waals surface area contributed by atoms with Gasteiger partial charge in [0.25, 0.3) is 0 Å². The summed E-state index contributed by atoms with van der Waals surface area (Å²) in [5, 5.41) is 0.772. The molecule has 0 heterocycles. The van der Waals surface area contributed by atoms with E-state index in [2.05, 4.69) is 0 Å². The first-order valence-electron chi connectivity index (χ1n) is 4.83. The summed E-state index contributed by atoms with van der Waals surface area (Å²) in [5.41, 5.74) is -0.120. The Balaban J connectivity index is 2.42. The quantitative estimate of drug-likeness (QED) is 0.732. The molecule has 15 heavy (non-hydrogen) atoms. The number of hydrogen-bond donors (Lipinski definition) is 0. The average Bonchev–Trinajstić information content (AvgIpc) is 2.83. The second kappa shape index (κ2) is 4.18. The smallest absolute Gasteiger partial charge is 0.242 e. The summed E-state index contributed by atoms with van der Waals surface area (Å²) in [5.74, 6) is 0. The van der Waals surface area contributed by atoms with E-state index in [1.54, 1.807) is 0 Å². The summed E-state index contributed by atoms with van der Waals surface area (Å²) in [6, 6.07) is 9.37. The molecule has 0 N–H and O–H groups in total. The number of benzene rings is 1. The molecule has 0 saturated heterocycles. The lowest BCUT2D eigenvalue weighted by Gasteiger charge is -2.20. The summed E-state index contributed by atoms with van der Waals surface area (Å²) < 4.78 is 17.9. The lowest BCUT2D eigenvalue weighted by atomic mass is 10.4. The summed E-state index contributed by atoms with van der Waals surface area (Å²) in [6.07, 6.45) is 7.63. The van der Waals surface area contributed by atoms with E-state index in [-0.39, 0.29) is 5.66 Å². The molecule has 0 radical (unpaired) electrons. The van der Waals surface area contributed by atoms with E-state index in [0.717, 1.165) is 5.30 Å². The highest BCUT2D eigenvalue weighted by molar-refractivity contribution is 7.68. The molecular formula is C12H13O2P. The minimum Gasteiger partial charge on any atom is -0.328 e. The third-order valence-corrected chi connectivity index (χ3v) is 5.20. The fourth-order valence-electron chi connectivity index (χ4n) is 1.68. The molecule has 1 aromatic carbocycles. The number of rotatable bonds is 3. The molecule has 3 heteroatoms. The third kappa shape index (κ3) is 1.83. The molecule has 0 saturated carbocycles. The van der Waals surface area contributed by atoms with Gasteiger partial charge < -0.3 is 4.52 Å². The molecule has 0 spiro atoms. The lowest BCUT2D eigenvalue weighted by molar-refractivity contribution is 0.401. The molecule has 2 rings (SSSR count). The van der Waals surface area contributed by atoms with Gasteiger partial charge >= 0.3 is 0 Å². The summed E-state index contributed by atoms with van der Waals surface area (Å²) in [7, 11) is -1.27. The summed E-state index contributed by atoms with van der Waals surface area (Å²) in [4.78, 5) is 0. The van der Waals surface area contributed by atoms with Crippen LogP contribution in [-0.4, -0.2) is 12.8 Å². The summed E-state index contributed by atoms with van der Waals surface area (Å²) in [6.45, 7) is 0. The second-order valence-electron chi connectivity index (χ2n) is 3.38. The molecule has 0 aromatic heterocycles. The Morgan fingerprint density at radius 2 is 1.73 bits per heavy atom. The number of hydrogen-bond acceptors (Lipinski definition) is 2. The van der Waals surface area contributed by atoms with Crippen LogP contribution in [0.5, 0.6) is 0 Å². The molecule has 1 atom stereocenters. The van der Waals surface area contributed by atoms with Crippen molar-refractivity contribution < 1.29 is 9.09 Å². The first-order valence-corrected chi connectivity index (χ1v) is 6.53. The van der Waals surface area contributed by atoms with Gasteiger partial charge in [-0.25, -0.2) is 0 Å². The van der Waals surface area contributed by atoms with E-state index in [0.29, 0.717) is 0 Å². The fraction of sp³-hybridized carbons (Fsp3) is 0.167. The van der Waals surface area contributed by atoms with Crippen LogP contribution in [0, 0.1) is 0 Å². The minimum absolute atomic E-state index is 0.120. The normalized spacial score (nSPS) is 19.3. The zero-order chi connectivity index (χ0) is 10.7. The Morgan fingerprint density at radius 3 is 2.27 bits per heavy atom. The Kier molecular flexibility index (Phi) is 2.90. The van der Waals surface area contributed by atoms with Gasteiger partial charge in [0.1, 0.15) is 0 Å². The highest BCUT2D eigenvalue weighted by Crippen LogP contribution is 2.52. The Hall–Kier alpha value is -1.11. The zero-order valence-corrected chi connectivity index (χ0v) is 9.43. The van der Waals surface area contributed by atoms with Crippen LogP contribution < -0.4 is 5.30 Å². The van der Waals surface area contributed by atoms with Crippen LogP contribution in [-0.2, 0) is 9.09 Å². The average molecular weight is 220 g/mol. The van der Waals surface area contributed by atoms with Crippen LogP contribution in [0.4, 0.5) is 0 Å². The molecule has 1 aromatic rings. The van der Waals surface area contributed by atoms with Gasteiger partial charge in [0.15, 0.2) is 0 Å². The maximum absolute atomic E-state index is 12.7. The Morgan fingerprint density at radius 1 is 1.13 bits per heavy atom. The van der Waals surface area contributed by atoms with Crippen molar-refractivity contribution in [3.05, 3.63) is 54.6 Å². The van der Waals surface area contributed by atoms with Crippen LogP contribution in [0.25, 0.3) is 0 Å². The van der Waals surface area contributed by atoms with Crippen molar-refractivity contribution in [3.8, 4) is 0 Å². The van der Waals surface area contributed by atoms with Gasteiger partial charge in [-0.05, 0) is 12.1 Å². The van der Waals surface area contributed by atoms with E-state index in [4.69, 9.17) is 4.52 Å². The first kappa shape index (κ1) is 10.4. The minimum atomic E-state index is -2.77. The van der Waals surface area contributed by atoms with Crippen LogP contribution in [0.15, 0.2) is 54.6 Å². The first-order chi connectivity index (χ1) is 7.27. The van der Waals surface area contributed by atoms with Gasteiger partial charge in [-0.2, -0.15) is 0 Å². The molecule has 78 valence electrons. The van der Waals surface area contributed by atoms with Crippen molar-refractivity contribution in [2.75, 3.05) is 7.11 Å². The highest BCUT2D eigenvalue weighted by Gasteiger charge is 2.32. The molecule has 0 bridgehead atoms. The van der Waals surface area contributed by atoms with E-state index >= 15 is 0 Å². The van der Waals surface area contributed by atoms with Crippen LogP contribution in [0.3, 0.4) is 0 Å². The van der Waals surface area contributed by atoms with Gasteiger partial charge in [-0.1, -0.05) is 42.5 Å². The molecule has 1 aliphatic carbocycles. The van der Waals surface area contributed by atoms with Gasteiger partial charge in [0.05, 0.1) is 5.66 Å². The molecule has 0 fully saturated rings. The van der Waals surface area contributed by atoms with Crippen molar-refractivity contribution >= 4 is 12.7 Å². The maximum Gasteiger partial charge on any atom is 0.242 e. The van der Waals surface area contributed by atoms with E-state index in [1.165, 1.54) is 7.11 Å². The van der Waals surface area contributed by atoms with Crippen molar-refractivity contribution in [1.29, 1.82) is 0 Å². The third-order valence-electron chi connectivity index (χ3n) is 2.51. The maximum atomic E-state index is 12.7. The monoisotopic (exact) mass is 220 g/mol.